The van der Waals surface area contributed by atoms with Gasteiger partial charge in [0.05, 0.1) is 0 Å². The summed E-state index contributed by atoms with van der Waals surface area (Å²) >= 11 is 0. The van der Waals surface area contributed by atoms with E-state index in [9.17, 15) is 4.79 Å². The van der Waals surface area contributed by atoms with E-state index >= 15 is 0 Å². The summed E-state index contributed by atoms with van der Waals surface area (Å²) in [6, 6.07) is 7.25. The Morgan fingerprint density at radius 2 is 1.96 bits per heavy atom. The standard InChI is InChI=1S/C20H28N4O3.ClH/c1-3-19-22-18(23-27-19)14-26-17-7-5-16(6-8-17)20(25)24-11-9-15(10-12-24)13-21-4-2;/h5-8,15,21H,3-4,9-14H2,1-2H3;1H. The largest absolute Gasteiger partial charge is 0.485 e. The molecule has 7 nitrogen and oxygen atoms in total. The van der Waals surface area contributed by atoms with E-state index in [4.69, 9.17) is 9.26 Å². The van der Waals surface area contributed by atoms with Gasteiger partial charge in [-0.05, 0) is 56.1 Å². The Bertz CT molecular complexity index is 727. The summed E-state index contributed by atoms with van der Waals surface area (Å²) in [6.45, 7) is 8.02. The maximum Gasteiger partial charge on any atom is 0.253 e. The van der Waals surface area contributed by atoms with Gasteiger partial charge >= 0.3 is 0 Å². The van der Waals surface area contributed by atoms with E-state index in [-0.39, 0.29) is 24.9 Å². The van der Waals surface area contributed by atoms with Crippen LogP contribution in [0.1, 0.15) is 48.8 Å². The molecule has 0 bridgehead atoms. The minimum absolute atomic E-state index is 0. The van der Waals surface area contributed by atoms with Crippen molar-refractivity contribution in [2.45, 2.75) is 39.7 Å². The van der Waals surface area contributed by atoms with Crippen LogP contribution < -0.4 is 10.1 Å². The molecule has 1 amide bonds. The second kappa shape index (κ2) is 11.0. The molecule has 1 aliphatic heterocycles. The number of likely N-dealkylation sites (tertiary alicyclic amines) is 1. The highest BCUT2D eigenvalue weighted by Crippen LogP contribution is 2.20. The molecular weight excluding hydrogens is 380 g/mol. The van der Waals surface area contributed by atoms with Gasteiger partial charge in [0.1, 0.15) is 5.75 Å². The number of carbonyl (C=O) groups is 1. The number of ether oxygens (including phenoxy) is 1. The van der Waals surface area contributed by atoms with Gasteiger partial charge in [-0.15, -0.1) is 12.4 Å². The first-order chi connectivity index (χ1) is 13.2. The lowest BCUT2D eigenvalue weighted by atomic mass is 9.96. The van der Waals surface area contributed by atoms with Gasteiger partial charge in [-0.1, -0.05) is 19.0 Å². The van der Waals surface area contributed by atoms with Crippen molar-refractivity contribution in [3.63, 3.8) is 0 Å². The molecule has 154 valence electrons. The van der Waals surface area contributed by atoms with Crippen molar-refractivity contribution in [3.8, 4) is 5.75 Å². The Balaban J connectivity index is 0.00000280. The molecule has 0 radical (unpaired) electrons. The minimum Gasteiger partial charge on any atom is -0.485 e. The van der Waals surface area contributed by atoms with E-state index in [1.807, 2.05) is 36.1 Å². The van der Waals surface area contributed by atoms with Crippen molar-refractivity contribution in [1.82, 2.24) is 20.4 Å². The number of halogens is 1. The second-order valence-corrected chi connectivity index (χ2v) is 6.81. The predicted octanol–water partition coefficient (Wildman–Crippen LogP) is 3.09. The zero-order chi connectivity index (χ0) is 19.1. The average molecular weight is 409 g/mol. The highest BCUT2D eigenvalue weighted by atomic mass is 35.5. The van der Waals surface area contributed by atoms with Crippen LogP contribution in [0.3, 0.4) is 0 Å². The number of nitrogens with one attached hydrogen (secondary N) is 1. The molecule has 8 heteroatoms. The lowest BCUT2D eigenvalue weighted by Gasteiger charge is -2.32. The van der Waals surface area contributed by atoms with Gasteiger partial charge in [0, 0.05) is 25.1 Å². The molecule has 1 saturated heterocycles. The summed E-state index contributed by atoms with van der Waals surface area (Å²) < 4.78 is 10.7. The molecule has 0 spiro atoms. The maximum absolute atomic E-state index is 12.7. The first kappa shape index (κ1) is 22.2. The molecule has 1 aromatic heterocycles. The van der Waals surface area contributed by atoms with Crippen LogP contribution in [0.15, 0.2) is 28.8 Å². The summed E-state index contributed by atoms with van der Waals surface area (Å²) in [4.78, 5) is 18.8. The third-order valence-electron chi connectivity index (χ3n) is 4.87. The molecule has 2 aromatic rings. The second-order valence-electron chi connectivity index (χ2n) is 6.81. The van der Waals surface area contributed by atoms with Crippen LogP contribution in [-0.4, -0.2) is 47.1 Å². The maximum atomic E-state index is 12.7. The van der Waals surface area contributed by atoms with E-state index in [0.29, 0.717) is 35.4 Å². The van der Waals surface area contributed by atoms with Gasteiger partial charge in [0.25, 0.3) is 5.91 Å². The summed E-state index contributed by atoms with van der Waals surface area (Å²) in [5, 5.41) is 7.25. The Morgan fingerprint density at radius 1 is 1.25 bits per heavy atom. The zero-order valence-electron chi connectivity index (χ0n) is 16.5. The van der Waals surface area contributed by atoms with Crippen molar-refractivity contribution in [2.75, 3.05) is 26.2 Å². The van der Waals surface area contributed by atoms with E-state index in [2.05, 4.69) is 22.4 Å². The van der Waals surface area contributed by atoms with Crippen LogP contribution in [0.2, 0.25) is 0 Å². The van der Waals surface area contributed by atoms with E-state index in [1.54, 1.807) is 0 Å². The van der Waals surface area contributed by atoms with Crippen LogP contribution in [0.5, 0.6) is 5.75 Å². The molecule has 1 N–H and O–H groups in total. The number of piperidine rings is 1. The van der Waals surface area contributed by atoms with Crippen molar-refractivity contribution in [1.29, 1.82) is 0 Å². The van der Waals surface area contributed by atoms with Gasteiger partial charge in [-0.25, -0.2) is 0 Å². The van der Waals surface area contributed by atoms with Crippen LogP contribution >= 0.6 is 12.4 Å². The fourth-order valence-corrected chi connectivity index (χ4v) is 3.21. The van der Waals surface area contributed by atoms with Crippen molar-refractivity contribution >= 4 is 18.3 Å². The Labute approximate surface area is 172 Å². The zero-order valence-corrected chi connectivity index (χ0v) is 17.3. The summed E-state index contributed by atoms with van der Waals surface area (Å²) in [6.07, 6.45) is 2.82. The normalized spacial score (nSPS) is 14.6. The van der Waals surface area contributed by atoms with E-state index in [1.165, 1.54) is 0 Å². The summed E-state index contributed by atoms with van der Waals surface area (Å²) in [5.74, 6) is 2.56. The van der Waals surface area contributed by atoms with Crippen LogP contribution in [0.4, 0.5) is 0 Å². The van der Waals surface area contributed by atoms with Gasteiger partial charge in [-0.2, -0.15) is 4.98 Å². The molecule has 0 atom stereocenters. The van der Waals surface area contributed by atoms with Crippen LogP contribution in [0, 0.1) is 5.92 Å². The van der Waals surface area contributed by atoms with E-state index < -0.39 is 0 Å². The number of rotatable bonds is 8. The first-order valence-corrected chi connectivity index (χ1v) is 9.74. The van der Waals surface area contributed by atoms with Gasteiger partial charge in [0.15, 0.2) is 6.61 Å². The number of aryl methyl sites for hydroxylation is 1. The fourth-order valence-electron chi connectivity index (χ4n) is 3.21. The number of nitrogens with zero attached hydrogens (tertiary/aromatic N) is 3. The lowest BCUT2D eigenvalue weighted by Crippen LogP contribution is -2.40. The Morgan fingerprint density at radius 3 is 2.57 bits per heavy atom. The third kappa shape index (κ3) is 5.94. The van der Waals surface area contributed by atoms with Crippen LogP contribution in [-0.2, 0) is 13.0 Å². The summed E-state index contributed by atoms with van der Waals surface area (Å²) in [7, 11) is 0. The predicted molar refractivity (Wildman–Crippen MR) is 109 cm³/mol. The molecule has 0 saturated carbocycles. The van der Waals surface area contributed by atoms with Crippen molar-refractivity contribution in [3.05, 3.63) is 41.5 Å². The Kier molecular flexibility index (Phi) is 8.73. The molecular formula is C20H29ClN4O3. The molecule has 2 heterocycles. The Hall–Kier alpha value is -2.12. The quantitative estimate of drug-likeness (QED) is 0.722. The molecule has 1 fully saturated rings. The van der Waals surface area contributed by atoms with Gasteiger partial charge in [-0.3, -0.25) is 4.79 Å². The van der Waals surface area contributed by atoms with Crippen LogP contribution in [0.25, 0.3) is 0 Å². The van der Waals surface area contributed by atoms with Gasteiger partial charge < -0.3 is 19.5 Å². The third-order valence-corrected chi connectivity index (χ3v) is 4.87. The topological polar surface area (TPSA) is 80.5 Å². The highest BCUT2D eigenvalue weighted by Gasteiger charge is 2.23. The fraction of sp³-hybridized carbons (Fsp3) is 0.550. The summed E-state index contributed by atoms with van der Waals surface area (Å²) in [5.41, 5.74) is 0.695. The molecule has 1 aromatic carbocycles. The number of aromatic nitrogens is 2. The lowest BCUT2D eigenvalue weighted by molar-refractivity contribution is 0.0690. The molecule has 28 heavy (non-hydrogen) atoms. The van der Waals surface area contributed by atoms with E-state index in [0.717, 1.165) is 39.0 Å². The monoisotopic (exact) mass is 408 g/mol. The van der Waals surface area contributed by atoms with Crippen molar-refractivity contribution in [2.24, 2.45) is 5.92 Å². The average Bonchev–Trinajstić information content (AvgIpc) is 3.19. The molecule has 0 unspecified atom stereocenters. The SMILES string of the molecule is CCNCC1CCN(C(=O)c2ccc(OCc3noc(CC)n3)cc2)CC1.Cl. The molecule has 1 aliphatic rings. The number of amides is 1. The first-order valence-electron chi connectivity index (χ1n) is 9.74. The minimum atomic E-state index is 0. The van der Waals surface area contributed by atoms with Crippen molar-refractivity contribution < 1.29 is 14.1 Å². The van der Waals surface area contributed by atoms with Gasteiger partial charge in [0.2, 0.25) is 11.7 Å². The highest BCUT2D eigenvalue weighted by molar-refractivity contribution is 5.94. The number of hydrogen-bond donors (Lipinski definition) is 1. The smallest absolute Gasteiger partial charge is 0.253 e. The molecule has 3 rings (SSSR count). The number of carbonyl (C=O) groups excluding carboxylic acids is 1. The number of hydrogen-bond acceptors (Lipinski definition) is 6. The molecule has 0 aliphatic carbocycles. The number of benzene rings is 1.